The molecule has 0 bridgehead atoms. The van der Waals surface area contributed by atoms with E-state index in [0.717, 1.165) is 24.3 Å². The van der Waals surface area contributed by atoms with Gasteiger partial charge in [-0.25, -0.2) is 4.79 Å². The molecule has 2 saturated heterocycles. The standard InChI is InChI=1S/C22H28N2O4/c1-5-16-14-20(25)24(15-16)17-6-8-18(9-7-17)27-19-10-12-23(13-11-19)21(26)28-22(2,3)4/h1,6-9,16,19H,10-15H2,2-4H3. The zero-order valence-electron chi connectivity index (χ0n) is 16.8. The van der Waals surface area contributed by atoms with E-state index in [-0.39, 0.29) is 24.0 Å². The summed E-state index contributed by atoms with van der Waals surface area (Å²) in [6.07, 6.45) is 7.16. The topological polar surface area (TPSA) is 59.1 Å². The zero-order valence-corrected chi connectivity index (χ0v) is 16.8. The molecule has 0 N–H and O–H groups in total. The molecule has 2 fully saturated rings. The molecular formula is C22H28N2O4. The quantitative estimate of drug-likeness (QED) is 0.749. The summed E-state index contributed by atoms with van der Waals surface area (Å²) >= 11 is 0. The second-order valence-electron chi connectivity index (χ2n) is 8.35. The number of terminal acetylenes is 1. The van der Waals surface area contributed by atoms with Crippen LogP contribution in [0.1, 0.15) is 40.0 Å². The smallest absolute Gasteiger partial charge is 0.410 e. The highest BCUT2D eigenvalue weighted by atomic mass is 16.6. The second kappa shape index (κ2) is 8.14. The number of anilines is 1. The van der Waals surface area contributed by atoms with E-state index in [1.807, 2.05) is 45.0 Å². The lowest BCUT2D eigenvalue weighted by molar-refractivity contribution is -0.117. The number of ether oxygens (including phenoxy) is 2. The molecule has 1 aromatic carbocycles. The number of benzene rings is 1. The minimum Gasteiger partial charge on any atom is -0.490 e. The van der Waals surface area contributed by atoms with Crippen LogP contribution in [0.3, 0.4) is 0 Å². The van der Waals surface area contributed by atoms with Crippen molar-refractivity contribution in [1.29, 1.82) is 0 Å². The minimum absolute atomic E-state index is 0.0152. The van der Waals surface area contributed by atoms with Gasteiger partial charge in [-0.15, -0.1) is 12.3 Å². The van der Waals surface area contributed by atoms with Crippen LogP contribution in [0.15, 0.2) is 24.3 Å². The number of hydrogen-bond acceptors (Lipinski definition) is 4. The molecule has 6 nitrogen and oxygen atoms in total. The van der Waals surface area contributed by atoms with Crippen molar-refractivity contribution in [2.24, 2.45) is 5.92 Å². The molecule has 1 atom stereocenters. The lowest BCUT2D eigenvalue weighted by Crippen LogP contribution is -2.44. The molecule has 1 unspecified atom stereocenters. The summed E-state index contributed by atoms with van der Waals surface area (Å²) in [6.45, 7) is 7.41. The molecule has 2 amide bonds. The van der Waals surface area contributed by atoms with E-state index in [9.17, 15) is 9.59 Å². The Kier molecular flexibility index (Phi) is 5.83. The van der Waals surface area contributed by atoms with Crippen molar-refractivity contribution in [3.05, 3.63) is 24.3 Å². The van der Waals surface area contributed by atoms with Crippen LogP contribution in [-0.2, 0) is 9.53 Å². The first-order valence-corrected chi connectivity index (χ1v) is 9.76. The fourth-order valence-corrected chi connectivity index (χ4v) is 3.45. The van der Waals surface area contributed by atoms with Crippen LogP contribution in [0, 0.1) is 18.3 Å². The van der Waals surface area contributed by atoms with E-state index in [1.54, 1.807) is 9.80 Å². The van der Waals surface area contributed by atoms with Crippen molar-refractivity contribution in [3.63, 3.8) is 0 Å². The van der Waals surface area contributed by atoms with Crippen LogP contribution >= 0.6 is 0 Å². The number of rotatable bonds is 3. The Bertz CT molecular complexity index is 752. The third-order valence-corrected chi connectivity index (χ3v) is 4.91. The summed E-state index contributed by atoms with van der Waals surface area (Å²) in [4.78, 5) is 27.7. The van der Waals surface area contributed by atoms with Gasteiger partial charge in [-0.2, -0.15) is 0 Å². The molecular weight excluding hydrogens is 356 g/mol. The number of piperidine rings is 1. The first-order chi connectivity index (χ1) is 13.2. The lowest BCUT2D eigenvalue weighted by Gasteiger charge is -2.33. The molecule has 0 aliphatic carbocycles. The van der Waals surface area contributed by atoms with E-state index < -0.39 is 5.60 Å². The van der Waals surface area contributed by atoms with Gasteiger partial charge in [0.25, 0.3) is 0 Å². The van der Waals surface area contributed by atoms with Crippen LogP contribution in [0.4, 0.5) is 10.5 Å². The minimum atomic E-state index is -0.483. The van der Waals surface area contributed by atoms with Crippen molar-refractivity contribution in [2.75, 3.05) is 24.5 Å². The molecule has 0 aromatic heterocycles. The van der Waals surface area contributed by atoms with Gasteiger partial charge < -0.3 is 19.3 Å². The normalized spacial score (nSPS) is 20.8. The van der Waals surface area contributed by atoms with Gasteiger partial charge in [0.15, 0.2) is 0 Å². The summed E-state index contributed by atoms with van der Waals surface area (Å²) in [7, 11) is 0. The third kappa shape index (κ3) is 4.98. The van der Waals surface area contributed by atoms with Gasteiger partial charge in [-0.3, -0.25) is 4.79 Å². The van der Waals surface area contributed by atoms with Crippen molar-refractivity contribution in [3.8, 4) is 18.1 Å². The molecule has 0 radical (unpaired) electrons. The monoisotopic (exact) mass is 384 g/mol. The zero-order chi connectivity index (χ0) is 20.3. The van der Waals surface area contributed by atoms with Gasteiger partial charge in [0, 0.05) is 50.5 Å². The van der Waals surface area contributed by atoms with Gasteiger partial charge in [-0.1, -0.05) is 0 Å². The van der Waals surface area contributed by atoms with Gasteiger partial charge in [-0.05, 0) is 45.0 Å². The Morgan fingerprint density at radius 3 is 2.36 bits per heavy atom. The molecule has 0 spiro atoms. The van der Waals surface area contributed by atoms with Crippen molar-refractivity contribution in [2.45, 2.75) is 51.7 Å². The Morgan fingerprint density at radius 2 is 1.82 bits per heavy atom. The Labute approximate surface area is 166 Å². The summed E-state index contributed by atoms with van der Waals surface area (Å²) < 4.78 is 11.5. The van der Waals surface area contributed by atoms with Gasteiger partial charge in [0.1, 0.15) is 17.5 Å². The van der Waals surface area contributed by atoms with Crippen LogP contribution < -0.4 is 9.64 Å². The second-order valence-corrected chi connectivity index (χ2v) is 8.35. The van der Waals surface area contributed by atoms with Gasteiger partial charge in [0.2, 0.25) is 5.91 Å². The fourth-order valence-electron chi connectivity index (χ4n) is 3.45. The molecule has 2 aliphatic heterocycles. The fraction of sp³-hybridized carbons (Fsp3) is 0.545. The first kappa shape index (κ1) is 20.1. The summed E-state index contributed by atoms with van der Waals surface area (Å²) in [5.74, 6) is 3.47. The highest BCUT2D eigenvalue weighted by molar-refractivity contribution is 5.96. The number of nitrogens with zero attached hydrogens (tertiary/aromatic N) is 2. The molecule has 0 saturated carbocycles. The molecule has 2 heterocycles. The number of likely N-dealkylation sites (tertiary alicyclic amines) is 1. The van der Waals surface area contributed by atoms with Crippen LogP contribution in [0.5, 0.6) is 5.75 Å². The van der Waals surface area contributed by atoms with Crippen LogP contribution in [0.2, 0.25) is 0 Å². The molecule has 150 valence electrons. The largest absolute Gasteiger partial charge is 0.490 e. The van der Waals surface area contributed by atoms with Crippen molar-refractivity contribution < 1.29 is 19.1 Å². The Balaban J connectivity index is 1.50. The summed E-state index contributed by atoms with van der Waals surface area (Å²) in [6, 6.07) is 7.54. The van der Waals surface area contributed by atoms with E-state index in [1.165, 1.54) is 0 Å². The van der Waals surface area contributed by atoms with E-state index in [2.05, 4.69) is 5.92 Å². The molecule has 28 heavy (non-hydrogen) atoms. The van der Waals surface area contributed by atoms with E-state index in [0.29, 0.717) is 26.1 Å². The van der Waals surface area contributed by atoms with Crippen LogP contribution in [-0.4, -0.2) is 48.2 Å². The highest BCUT2D eigenvalue weighted by Crippen LogP contribution is 2.27. The summed E-state index contributed by atoms with van der Waals surface area (Å²) in [5, 5.41) is 0. The lowest BCUT2D eigenvalue weighted by atomic mass is 10.1. The number of amides is 2. The average Bonchev–Trinajstić information content (AvgIpc) is 3.02. The number of carbonyl (C=O) groups is 2. The highest BCUT2D eigenvalue weighted by Gasteiger charge is 2.30. The maximum atomic E-state index is 12.1. The predicted octanol–water partition coefficient (Wildman–Crippen LogP) is 3.45. The SMILES string of the molecule is C#CC1CC(=O)N(c2ccc(OC3CCN(C(=O)OC(C)(C)C)CC3)cc2)C1. The average molecular weight is 384 g/mol. The summed E-state index contributed by atoms with van der Waals surface area (Å²) in [5.41, 5.74) is 0.359. The molecule has 6 heteroatoms. The Morgan fingerprint density at radius 1 is 1.18 bits per heavy atom. The number of carbonyl (C=O) groups excluding carboxylic acids is 2. The third-order valence-electron chi connectivity index (χ3n) is 4.91. The van der Waals surface area contributed by atoms with Crippen molar-refractivity contribution >= 4 is 17.7 Å². The van der Waals surface area contributed by atoms with Gasteiger partial charge >= 0.3 is 6.09 Å². The molecule has 2 aliphatic rings. The van der Waals surface area contributed by atoms with Crippen LogP contribution in [0.25, 0.3) is 0 Å². The maximum Gasteiger partial charge on any atom is 0.410 e. The van der Waals surface area contributed by atoms with Crippen molar-refractivity contribution in [1.82, 2.24) is 4.90 Å². The van der Waals surface area contributed by atoms with Gasteiger partial charge in [0.05, 0.1) is 0 Å². The number of hydrogen-bond donors (Lipinski definition) is 0. The predicted molar refractivity (Wildman–Crippen MR) is 107 cm³/mol. The maximum absolute atomic E-state index is 12.1. The van der Waals surface area contributed by atoms with E-state index >= 15 is 0 Å². The van der Waals surface area contributed by atoms with E-state index in [4.69, 9.17) is 15.9 Å². The Hall–Kier alpha value is -2.68. The first-order valence-electron chi connectivity index (χ1n) is 9.76. The molecule has 1 aromatic rings. The molecule has 3 rings (SSSR count).